The number of hydrogen-bond acceptors (Lipinski definition) is 6. The Morgan fingerprint density at radius 3 is 2.48 bits per heavy atom. The van der Waals surface area contributed by atoms with Gasteiger partial charge in [0, 0.05) is 50.9 Å². The van der Waals surface area contributed by atoms with Crippen LogP contribution in [0.3, 0.4) is 0 Å². The lowest BCUT2D eigenvalue weighted by molar-refractivity contribution is 0.0638. The normalized spacial score (nSPS) is 14.5. The number of benzene rings is 1. The molecule has 1 N–H and O–H groups in total. The Morgan fingerprint density at radius 2 is 1.88 bits per heavy atom. The Labute approximate surface area is 200 Å². The van der Waals surface area contributed by atoms with Gasteiger partial charge >= 0.3 is 6.03 Å². The molecule has 0 atom stereocenters. The molecule has 3 rings (SSSR count). The molecule has 0 spiro atoms. The Kier molecular flexibility index (Phi) is 9.22. The number of likely N-dealkylation sites (N-methyl/N-ethyl adjacent to an activating group) is 1. The van der Waals surface area contributed by atoms with Crippen LogP contribution in [-0.4, -0.2) is 84.6 Å². The number of thiazole rings is 1. The van der Waals surface area contributed by atoms with Gasteiger partial charge in [-0.15, -0.1) is 11.3 Å². The van der Waals surface area contributed by atoms with Crippen molar-refractivity contribution in [2.45, 2.75) is 33.2 Å². The van der Waals surface area contributed by atoms with Crippen molar-refractivity contribution in [3.63, 3.8) is 0 Å². The van der Waals surface area contributed by atoms with Gasteiger partial charge in [0.25, 0.3) is 5.91 Å². The summed E-state index contributed by atoms with van der Waals surface area (Å²) in [5, 5.41) is 5.48. The van der Waals surface area contributed by atoms with E-state index in [0.717, 1.165) is 43.4 Å². The standard InChI is InChI=1S/C24H35N5O3S/c1-5-27-10-12-28(13-11-27)23(30)21-17-33-22(26-21)16-29(14-15-32-4)24(31)25-20-8-6-19(7-9-20)18(2)3/h6-9,17-18H,5,10-16H2,1-4H3,(H,25,31). The van der Waals surface area contributed by atoms with Crippen LogP contribution in [0.4, 0.5) is 10.5 Å². The van der Waals surface area contributed by atoms with Crippen molar-refractivity contribution in [2.24, 2.45) is 0 Å². The molecule has 1 saturated heterocycles. The van der Waals surface area contributed by atoms with Crippen LogP contribution in [0.5, 0.6) is 0 Å². The van der Waals surface area contributed by atoms with E-state index in [1.54, 1.807) is 17.4 Å². The van der Waals surface area contributed by atoms with Gasteiger partial charge in [0.05, 0.1) is 13.2 Å². The maximum absolute atomic E-state index is 12.9. The van der Waals surface area contributed by atoms with E-state index in [0.29, 0.717) is 31.3 Å². The van der Waals surface area contributed by atoms with Crippen molar-refractivity contribution in [3.05, 3.63) is 45.9 Å². The van der Waals surface area contributed by atoms with Gasteiger partial charge in [-0.2, -0.15) is 0 Å². The molecule has 0 bridgehead atoms. The number of carbonyl (C=O) groups excluding carboxylic acids is 2. The van der Waals surface area contributed by atoms with Gasteiger partial charge in [0.1, 0.15) is 10.7 Å². The van der Waals surface area contributed by atoms with E-state index in [1.807, 2.05) is 29.2 Å². The van der Waals surface area contributed by atoms with Crippen LogP contribution in [0, 0.1) is 0 Å². The first kappa shape index (κ1) is 25.1. The number of carbonyl (C=O) groups is 2. The van der Waals surface area contributed by atoms with Crippen LogP contribution >= 0.6 is 11.3 Å². The van der Waals surface area contributed by atoms with E-state index < -0.39 is 0 Å². The molecule has 1 fully saturated rings. The van der Waals surface area contributed by atoms with E-state index >= 15 is 0 Å². The highest BCUT2D eigenvalue weighted by molar-refractivity contribution is 7.09. The average Bonchev–Trinajstić information content (AvgIpc) is 3.30. The molecule has 180 valence electrons. The predicted molar refractivity (Wildman–Crippen MR) is 132 cm³/mol. The van der Waals surface area contributed by atoms with Gasteiger partial charge < -0.3 is 24.8 Å². The molecule has 1 aliphatic heterocycles. The van der Waals surface area contributed by atoms with Crippen molar-refractivity contribution in [3.8, 4) is 0 Å². The highest BCUT2D eigenvalue weighted by Gasteiger charge is 2.24. The molecular formula is C24H35N5O3S. The van der Waals surface area contributed by atoms with Crippen molar-refractivity contribution in [1.29, 1.82) is 0 Å². The molecule has 2 heterocycles. The predicted octanol–water partition coefficient (Wildman–Crippen LogP) is 3.72. The Balaban J connectivity index is 1.62. The molecule has 0 saturated carbocycles. The van der Waals surface area contributed by atoms with E-state index in [-0.39, 0.29) is 11.9 Å². The molecule has 1 aromatic carbocycles. The number of anilines is 1. The second-order valence-electron chi connectivity index (χ2n) is 8.47. The van der Waals surface area contributed by atoms with Crippen molar-refractivity contribution < 1.29 is 14.3 Å². The van der Waals surface area contributed by atoms with E-state index in [2.05, 4.69) is 36.0 Å². The number of urea groups is 1. The molecule has 8 nitrogen and oxygen atoms in total. The minimum atomic E-state index is -0.219. The fraction of sp³-hybridized carbons (Fsp3) is 0.542. The second kappa shape index (κ2) is 12.1. The Morgan fingerprint density at radius 1 is 1.18 bits per heavy atom. The number of rotatable bonds is 9. The summed E-state index contributed by atoms with van der Waals surface area (Å²) in [5.41, 5.74) is 2.42. The summed E-state index contributed by atoms with van der Waals surface area (Å²) in [6.45, 7) is 11.8. The Bertz CT molecular complexity index is 907. The maximum atomic E-state index is 12.9. The van der Waals surface area contributed by atoms with Crippen molar-refractivity contribution in [1.82, 2.24) is 19.7 Å². The molecule has 1 aliphatic rings. The summed E-state index contributed by atoms with van der Waals surface area (Å²) >= 11 is 1.41. The van der Waals surface area contributed by atoms with E-state index in [1.165, 1.54) is 16.9 Å². The topological polar surface area (TPSA) is 78.0 Å². The minimum Gasteiger partial charge on any atom is -0.383 e. The lowest BCUT2D eigenvalue weighted by Crippen LogP contribution is -2.48. The van der Waals surface area contributed by atoms with E-state index in [9.17, 15) is 9.59 Å². The van der Waals surface area contributed by atoms with Crippen LogP contribution in [0.2, 0.25) is 0 Å². The second-order valence-corrected chi connectivity index (χ2v) is 9.42. The molecule has 0 aliphatic carbocycles. The van der Waals surface area contributed by atoms with Crippen LogP contribution in [0.15, 0.2) is 29.6 Å². The summed E-state index contributed by atoms with van der Waals surface area (Å²) in [5.74, 6) is 0.400. The monoisotopic (exact) mass is 473 g/mol. The molecule has 0 unspecified atom stereocenters. The van der Waals surface area contributed by atoms with Crippen molar-refractivity contribution in [2.75, 3.05) is 58.3 Å². The number of ether oxygens (including phenoxy) is 1. The van der Waals surface area contributed by atoms with Crippen LogP contribution in [0.1, 0.15) is 47.7 Å². The number of aromatic nitrogens is 1. The first-order chi connectivity index (χ1) is 15.9. The van der Waals surface area contributed by atoms with Crippen LogP contribution in [-0.2, 0) is 11.3 Å². The summed E-state index contributed by atoms with van der Waals surface area (Å²) in [6, 6.07) is 7.67. The molecule has 1 aromatic heterocycles. The first-order valence-corrected chi connectivity index (χ1v) is 12.4. The zero-order chi connectivity index (χ0) is 23.8. The number of amides is 3. The molecule has 3 amide bonds. The molecular weight excluding hydrogens is 438 g/mol. The van der Waals surface area contributed by atoms with Crippen LogP contribution < -0.4 is 5.32 Å². The smallest absolute Gasteiger partial charge is 0.322 e. The third-order valence-electron chi connectivity index (χ3n) is 5.88. The average molecular weight is 474 g/mol. The summed E-state index contributed by atoms with van der Waals surface area (Å²) in [4.78, 5) is 36.2. The number of nitrogens with one attached hydrogen (secondary N) is 1. The SMILES string of the molecule is CCN1CCN(C(=O)c2csc(CN(CCOC)C(=O)Nc3ccc(C(C)C)cc3)n2)CC1. The number of hydrogen-bond donors (Lipinski definition) is 1. The molecule has 0 radical (unpaired) electrons. The first-order valence-electron chi connectivity index (χ1n) is 11.5. The zero-order valence-corrected chi connectivity index (χ0v) is 20.9. The molecule has 2 aromatic rings. The van der Waals surface area contributed by atoms with E-state index in [4.69, 9.17) is 4.74 Å². The fourth-order valence-corrected chi connectivity index (χ4v) is 4.46. The maximum Gasteiger partial charge on any atom is 0.322 e. The number of nitrogens with zero attached hydrogens (tertiary/aromatic N) is 4. The fourth-order valence-electron chi connectivity index (χ4n) is 3.68. The quantitative estimate of drug-likeness (QED) is 0.601. The summed E-state index contributed by atoms with van der Waals surface area (Å²) in [6.07, 6.45) is 0. The van der Waals surface area contributed by atoms with Gasteiger partial charge in [0.15, 0.2) is 0 Å². The van der Waals surface area contributed by atoms with Gasteiger partial charge in [-0.25, -0.2) is 9.78 Å². The third-order valence-corrected chi connectivity index (χ3v) is 6.72. The van der Waals surface area contributed by atoms with Gasteiger partial charge in [-0.3, -0.25) is 4.79 Å². The number of piperazine rings is 1. The number of methoxy groups -OCH3 is 1. The molecule has 9 heteroatoms. The lowest BCUT2D eigenvalue weighted by Gasteiger charge is -2.33. The van der Waals surface area contributed by atoms with Crippen molar-refractivity contribution >= 4 is 29.0 Å². The van der Waals surface area contributed by atoms with Crippen LogP contribution in [0.25, 0.3) is 0 Å². The minimum absolute atomic E-state index is 0.0358. The zero-order valence-electron chi connectivity index (χ0n) is 20.0. The Hall–Kier alpha value is -2.49. The van der Waals surface area contributed by atoms with Gasteiger partial charge in [-0.05, 0) is 30.2 Å². The highest BCUT2D eigenvalue weighted by Crippen LogP contribution is 2.19. The van der Waals surface area contributed by atoms with Gasteiger partial charge in [-0.1, -0.05) is 32.9 Å². The van der Waals surface area contributed by atoms with Gasteiger partial charge in [0.2, 0.25) is 0 Å². The third kappa shape index (κ3) is 6.99. The summed E-state index contributed by atoms with van der Waals surface area (Å²) < 4.78 is 5.19. The molecule has 33 heavy (non-hydrogen) atoms. The largest absolute Gasteiger partial charge is 0.383 e. The summed E-state index contributed by atoms with van der Waals surface area (Å²) in [7, 11) is 1.61. The highest BCUT2D eigenvalue weighted by atomic mass is 32.1. The lowest BCUT2D eigenvalue weighted by atomic mass is 10.0.